The molecule has 28 heavy (non-hydrogen) atoms. The summed E-state index contributed by atoms with van der Waals surface area (Å²) in [5, 5.41) is 13.2. The van der Waals surface area contributed by atoms with Crippen LogP contribution in [-0.4, -0.2) is 45.1 Å². The fourth-order valence-corrected chi connectivity index (χ4v) is 3.58. The molecule has 3 rings (SSSR count). The summed E-state index contributed by atoms with van der Waals surface area (Å²) in [4.78, 5) is 30.0. The molecule has 1 fully saturated rings. The summed E-state index contributed by atoms with van der Waals surface area (Å²) in [7, 11) is 0. The minimum Gasteiger partial charge on any atom is -0.478 e. The third-order valence-corrected chi connectivity index (χ3v) is 5.28. The number of hydrogen-bond acceptors (Lipinski definition) is 5. The molecule has 2 heterocycles. The van der Waals surface area contributed by atoms with E-state index in [-0.39, 0.29) is 11.8 Å². The molecule has 150 valence electrons. The highest BCUT2D eigenvalue weighted by Gasteiger charge is 2.24. The molecule has 1 N–H and O–H groups in total. The largest absolute Gasteiger partial charge is 0.478 e. The lowest BCUT2D eigenvalue weighted by Gasteiger charge is -2.32. The highest BCUT2D eigenvalue weighted by Crippen LogP contribution is 2.24. The quantitative estimate of drug-likeness (QED) is 0.785. The van der Waals surface area contributed by atoms with Crippen LogP contribution in [0.3, 0.4) is 0 Å². The van der Waals surface area contributed by atoms with Crippen molar-refractivity contribution >= 4 is 11.9 Å². The van der Waals surface area contributed by atoms with Crippen LogP contribution >= 0.6 is 0 Å². The Morgan fingerprint density at radius 3 is 2.61 bits per heavy atom. The van der Waals surface area contributed by atoms with Gasteiger partial charge in [-0.3, -0.25) is 4.79 Å². The van der Waals surface area contributed by atoms with Crippen molar-refractivity contribution in [3.63, 3.8) is 0 Å². The third kappa shape index (κ3) is 4.97. The van der Waals surface area contributed by atoms with Crippen LogP contribution in [0.1, 0.15) is 66.7 Å². The molecular weight excluding hydrogens is 358 g/mol. The predicted octanol–water partition coefficient (Wildman–Crippen LogP) is 3.31. The average molecular weight is 385 g/mol. The lowest BCUT2D eigenvalue weighted by molar-refractivity contribution is -0.132. The van der Waals surface area contributed by atoms with E-state index in [1.165, 1.54) is 0 Å². The standard InChI is InChI=1S/C21H27N3O4/c1-14(2)20-22-18(28-23-20)7-8-19(25)24-11-9-15(10-12-24)13-16-5-3-4-6-17(16)21(26)27/h3-6,14-15H,7-13H2,1-2H3,(H,26,27). The Hall–Kier alpha value is -2.70. The van der Waals surface area contributed by atoms with Crippen LogP contribution < -0.4 is 0 Å². The van der Waals surface area contributed by atoms with Crippen molar-refractivity contribution in [3.05, 3.63) is 47.1 Å². The zero-order chi connectivity index (χ0) is 20.1. The molecule has 1 aromatic heterocycles. The Balaban J connectivity index is 1.47. The molecule has 0 spiro atoms. The second kappa shape index (κ2) is 8.99. The van der Waals surface area contributed by atoms with Gasteiger partial charge in [-0.05, 0) is 36.8 Å². The number of carboxylic acids is 1. The third-order valence-electron chi connectivity index (χ3n) is 5.28. The van der Waals surface area contributed by atoms with E-state index in [2.05, 4.69) is 10.1 Å². The number of benzene rings is 1. The highest BCUT2D eigenvalue weighted by atomic mass is 16.5. The Kier molecular flexibility index (Phi) is 6.44. The lowest BCUT2D eigenvalue weighted by atomic mass is 9.88. The van der Waals surface area contributed by atoms with Crippen molar-refractivity contribution in [2.75, 3.05) is 13.1 Å². The van der Waals surface area contributed by atoms with Gasteiger partial charge in [-0.25, -0.2) is 4.79 Å². The highest BCUT2D eigenvalue weighted by molar-refractivity contribution is 5.89. The summed E-state index contributed by atoms with van der Waals surface area (Å²) in [6, 6.07) is 7.17. The Morgan fingerprint density at radius 1 is 1.25 bits per heavy atom. The molecule has 0 aliphatic carbocycles. The summed E-state index contributed by atoms with van der Waals surface area (Å²) < 4.78 is 5.20. The van der Waals surface area contributed by atoms with Crippen molar-refractivity contribution in [1.82, 2.24) is 15.0 Å². The van der Waals surface area contributed by atoms with E-state index in [4.69, 9.17) is 4.52 Å². The van der Waals surface area contributed by atoms with E-state index >= 15 is 0 Å². The van der Waals surface area contributed by atoms with Crippen LogP contribution in [0.5, 0.6) is 0 Å². The van der Waals surface area contributed by atoms with Crippen LogP contribution in [0.15, 0.2) is 28.8 Å². The smallest absolute Gasteiger partial charge is 0.335 e. The number of aromatic nitrogens is 2. The predicted molar refractivity (Wildman–Crippen MR) is 103 cm³/mol. The molecule has 0 bridgehead atoms. The number of carbonyl (C=O) groups is 2. The van der Waals surface area contributed by atoms with Crippen LogP contribution in [0.2, 0.25) is 0 Å². The maximum Gasteiger partial charge on any atom is 0.335 e. The number of rotatable bonds is 7. The molecule has 0 radical (unpaired) electrons. The van der Waals surface area contributed by atoms with Gasteiger partial charge >= 0.3 is 5.97 Å². The molecule has 1 saturated heterocycles. The van der Waals surface area contributed by atoms with Gasteiger partial charge in [0.25, 0.3) is 0 Å². The van der Waals surface area contributed by atoms with E-state index in [0.717, 1.165) is 24.8 Å². The molecule has 0 atom stereocenters. The maximum atomic E-state index is 12.5. The average Bonchev–Trinajstić information content (AvgIpc) is 3.16. The molecule has 1 aromatic carbocycles. The Labute approximate surface area is 164 Å². The van der Waals surface area contributed by atoms with Crippen LogP contribution in [-0.2, 0) is 17.6 Å². The van der Waals surface area contributed by atoms with Crippen molar-refractivity contribution < 1.29 is 19.2 Å². The molecular formula is C21H27N3O4. The van der Waals surface area contributed by atoms with Crippen molar-refractivity contribution in [2.24, 2.45) is 5.92 Å². The lowest BCUT2D eigenvalue weighted by Crippen LogP contribution is -2.39. The first-order valence-corrected chi connectivity index (χ1v) is 9.85. The van der Waals surface area contributed by atoms with Gasteiger partial charge in [0.15, 0.2) is 5.82 Å². The number of piperidine rings is 1. The van der Waals surface area contributed by atoms with Crippen LogP contribution in [0.4, 0.5) is 0 Å². The number of nitrogens with zero attached hydrogens (tertiary/aromatic N) is 3. The number of aryl methyl sites for hydroxylation is 1. The Bertz CT molecular complexity index is 823. The molecule has 7 nitrogen and oxygen atoms in total. The number of carboxylic acid groups (broad SMARTS) is 1. The van der Waals surface area contributed by atoms with Gasteiger partial charge in [0.1, 0.15) is 0 Å². The van der Waals surface area contributed by atoms with E-state index in [0.29, 0.717) is 49.1 Å². The van der Waals surface area contributed by atoms with Gasteiger partial charge in [-0.15, -0.1) is 0 Å². The van der Waals surface area contributed by atoms with Gasteiger partial charge in [-0.1, -0.05) is 37.2 Å². The van der Waals surface area contributed by atoms with E-state index in [1.807, 2.05) is 30.9 Å². The summed E-state index contributed by atoms with van der Waals surface area (Å²) in [5.41, 5.74) is 1.25. The zero-order valence-electron chi connectivity index (χ0n) is 16.4. The minimum atomic E-state index is -0.884. The molecule has 7 heteroatoms. The summed E-state index contributed by atoms with van der Waals surface area (Å²) in [6.45, 7) is 5.41. The number of carbonyl (C=O) groups excluding carboxylic acids is 1. The first-order chi connectivity index (χ1) is 13.4. The number of likely N-dealkylation sites (tertiary alicyclic amines) is 1. The fourth-order valence-electron chi connectivity index (χ4n) is 3.58. The van der Waals surface area contributed by atoms with Gasteiger partial charge in [0.05, 0.1) is 5.56 Å². The van der Waals surface area contributed by atoms with E-state index < -0.39 is 5.97 Å². The number of hydrogen-bond donors (Lipinski definition) is 1. The van der Waals surface area contributed by atoms with Gasteiger partial charge in [-0.2, -0.15) is 4.98 Å². The molecule has 2 aromatic rings. The van der Waals surface area contributed by atoms with Crippen molar-refractivity contribution in [1.29, 1.82) is 0 Å². The minimum absolute atomic E-state index is 0.105. The first kappa shape index (κ1) is 20.0. The van der Waals surface area contributed by atoms with Gasteiger partial charge in [0.2, 0.25) is 11.8 Å². The van der Waals surface area contributed by atoms with Crippen LogP contribution in [0.25, 0.3) is 0 Å². The Morgan fingerprint density at radius 2 is 1.96 bits per heavy atom. The monoisotopic (exact) mass is 385 g/mol. The normalized spacial score (nSPS) is 15.2. The molecule has 1 aliphatic heterocycles. The summed E-state index contributed by atoms with van der Waals surface area (Å²) in [6.07, 6.45) is 3.34. The fraction of sp³-hybridized carbons (Fsp3) is 0.524. The van der Waals surface area contributed by atoms with Gasteiger partial charge in [0, 0.05) is 31.8 Å². The SMILES string of the molecule is CC(C)c1noc(CCC(=O)N2CCC(Cc3ccccc3C(=O)O)CC2)n1. The molecule has 0 saturated carbocycles. The second-order valence-corrected chi connectivity index (χ2v) is 7.69. The second-order valence-electron chi connectivity index (χ2n) is 7.69. The topological polar surface area (TPSA) is 96.5 Å². The first-order valence-electron chi connectivity index (χ1n) is 9.85. The van der Waals surface area contributed by atoms with E-state index in [1.54, 1.807) is 12.1 Å². The van der Waals surface area contributed by atoms with Crippen molar-refractivity contribution in [2.45, 2.75) is 51.9 Å². The maximum absolute atomic E-state index is 12.5. The summed E-state index contributed by atoms with van der Waals surface area (Å²) in [5.74, 6) is 1.01. The van der Waals surface area contributed by atoms with Gasteiger partial charge < -0.3 is 14.5 Å². The van der Waals surface area contributed by atoms with Crippen LogP contribution in [0, 0.1) is 5.92 Å². The number of aromatic carboxylic acids is 1. The molecule has 1 aliphatic rings. The van der Waals surface area contributed by atoms with E-state index in [9.17, 15) is 14.7 Å². The molecule has 0 unspecified atom stereocenters. The molecule has 1 amide bonds. The van der Waals surface area contributed by atoms with Crippen molar-refractivity contribution in [3.8, 4) is 0 Å². The zero-order valence-corrected chi connectivity index (χ0v) is 16.4. The summed E-state index contributed by atoms with van der Waals surface area (Å²) >= 11 is 0. The number of amides is 1.